The molecule has 3 rings (SSSR count). The van der Waals surface area contributed by atoms with Crippen LogP contribution in [-0.4, -0.2) is 27.8 Å². The first kappa shape index (κ1) is 13.5. The van der Waals surface area contributed by atoms with E-state index in [9.17, 15) is 4.79 Å². The second-order valence-electron chi connectivity index (χ2n) is 5.15. The minimum Gasteiger partial charge on any atom is -0.461 e. The summed E-state index contributed by atoms with van der Waals surface area (Å²) >= 11 is 1.62. The summed E-state index contributed by atoms with van der Waals surface area (Å²) in [7, 11) is 0. The fourth-order valence-electron chi connectivity index (χ4n) is 2.58. The van der Waals surface area contributed by atoms with Crippen LogP contribution in [-0.2, 0) is 9.53 Å². The summed E-state index contributed by atoms with van der Waals surface area (Å²) in [6, 6.07) is 7.97. The minimum atomic E-state index is -0.0259. The second kappa shape index (κ2) is 5.87. The highest BCUT2D eigenvalue weighted by Crippen LogP contribution is 2.29. The van der Waals surface area contributed by atoms with Gasteiger partial charge in [0.1, 0.15) is 6.10 Å². The Morgan fingerprint density at radius 2 is 2.30 bits per heavy atom. The minimum absolute atomic E-state index is 0.0252. The predicted octanol–water partition coefficient (Wildman–Crippen LogP) is 3.39. The molecule has 0 radical (unpaired) electrons. The number of rotatable bonds is 5. The number of para-hydroxylation sites is 2. The zero-order valence-corrected chi connectivity index (χ0v) is 12.3. The number of imidazole rings is 1. The summed E-state index contributed by atoms with van der Waals surface area (Å²) in [6.45, 7) is 2.10. The van der Waals surface area contributed by atoms with Gasteiger partial charge in [0.15, 0.2) is 5.16 Å². The van der Waals surface area contributed by atoms with Gasteiger partial charge in [-0.15, -0.1) is 0 Å². The summed E-state index contributed by atoms with van der Waals surface area (Å²) in [5, 5.41) is 0.890. The largest absolute Gasteiger partial charge is 0.461 e. The molecule has 0 amide bonds. The number of thioether (sulfide) groups is 1. The fraction of sp³-hybridized carbons (Fsp3) is 0.467. The van der Waals surface area contributed by atoms with Crippen molar-refractivity contribution in [3.8, 4) is 0 Å². The number of nitrogens with zero attached hydrogens (tertiary/aromatic N) is 1. The lowest BCUT2D eigenvalue weighted by atomic mass is 10.0. The molecule has 1 aliphatic rings. The highest BCUT2D eigenvalue weighted by Gasteiger charge is 2.33. The van der Waals surface area contributed by atoms with E-state index >= 15 is 0 Å². The molecule has 2 unspecified atom stereocenters. The van der Waals surface area contributed by atoms with Gasteiger partial charge in [-0.2, -0.15) is 0 Å². The summed E-state index contributed by atoms with van der Waals surface area (Å²) < 4.78 is 5.42. The molecule has 106 valence electrons. The number of benzene rings is 1. The number of nitrogens with one attached hydrogen (secondary N) is 1. The monoisotopic (exact) mass is 290 g/mol. The average molecular weight is 290 g/mol. The number of aromatic amines is 1. The molecule has 2 heterocycles. The van der Waals surface area contributed by atoms with E-state index in [4.69, 9.17) is 4.74 Å². The summed E-state index contributed by atoms with van der Waals surface area (Å²) in [5.41, 5.74) is 2.02. The van der Waals surface area contributed by atoms with Crippen LogP contribution in [0.2, 0.25) is 0 Å². The molecule has 1 aromatic carbocycles. The number of hydrogen-bond donors (Lipinski definition) is 1. The molecule has 1 N–H and O–H groups in total. The van der Waals surface area contributed by atoms with Gasteiger partial charge in [0.25, 0.3) is 0 Å². The van der Waals surface area contributed by atoms with Gasteiger partial charge in [-0.3, -0.25) is 4.79 Å². The molecule has 1 fully saturated rings. The molecule has 2 aromatic rings. The van der Waals surface area contributed by atoms with E-state index in [0.717, 1.165) is 41.2 Å². The first-order valence-corrected chi connectivity index (χ1v) is 8.03. The maximum absolute atomic E-state index is 11.7. The number of hydrogen-bond acceptors (Lipinski definition) is 4. The van der Waals surface area contributed by atoms with Crippen molar-refractivity contribution in [2.75, 3.05) is 5.75 Å². The van der Waals surface area contributed by atoms with E-state index in [1.54, 1.807) is 11.8 Å². The van der Waals surface area contributed by atoms with Crippen molar-refractivity contribution in [1.82, 2.24) is 9.97 Å². The maximum Gasteiger partial charge on any atom is 0.309 e. The third-order valence-electron chi connectivity index (χ3n) is 3.57. The van der Waals surface area contributed by atoms with Crippen LogP contribution in [0.15, 0.2) is 29.4 Å². The molecule has 0 saturated carbocycles. The first-order valence-electron chi connectivity index (χ1n) is 7.04. The molecule has 4 nitrogen and oxygen atoms in total. The Hall–Kier alpha value is -1.49. The molecule has 0 spiro atoms. The third kappa shape index (κ3) is 2.82. The fourth-order valence-corrected chi connectivity index (χ4v) is 3.47. The van der Waals surface area contributed by atoms with Crippen LogP contribution >= 0.6 is 11.8 Å². The Morgan fingerprint density at radius 3 is 3.10 bits per heavy atom. The summed E-state index contributed by atoms with van der Waals surface area (Å²) in [4.78, 5) is 19.5. The number of ether oxygens (including phenoxy) is 1. The molecule has 0 aliphatic carbocycles. The van der Waals surface area contributed by atoms with E-state index in [2.05, 4.69) is 16.9 Å². The quantitative estimate of drug-likeness (QED) is 0.677. The second-order valence-corrected chi connectivity index (χ2v) is 6.16. The maximum atomic E-state index is 11.7. The number of esters is 1. The van der Waals surface area contributed by atoms with E-state index < -0.39 is 0 Å². The lowest BCUT2D eigenvalue weighted by Gasteiger charge is -2.06. The van der Waals surface area contributed by atoms with Crippen molar-refractivity contribution >= 4 is 28.8 Å². The molecule has 20 heavy (non-hydrogen) atoms. The highest BCUT2D eigenvalue weighted by atomic mass is 32.2. The Morgan fingerprint density at radius 1 is 1.45 bits per heavy atom. The third-order valence-corrected chi connectivity index (χ3v) is 4.58. The van der Waals surface area contributed by atoms with Gasteiger partial charge in [-0.1, -0.05) is 37.2 Å². The lowest BCUT2D eigenvalue weighted by Crippen LogP contribution is -2.09. The van der Waals surface area contributed by atoms with Gasteiger partial charge < -0.3 is 9.72 Å². The van der Waals surface area contributed by atoms with E-state index in [1.165, 1.54) is 0 Å². The molecular formula is C15H18N2O2S. The molecule has 1 aliphatic heterocycles. The standard InChI is InChI=1S/C15H18N2O2S/c1-2-5-10-8-11(19-14(10)18)9-20-15-16-12-6-3-4-7-13(12)17-15/h3-4,6-7,10-11H,2,5,8-9H2,1H3,(H,16,17). The van der Waals surface area contributed by atoms with Crippen LogP contribution in [0.4, 0.5) is 0 Å². The van der Waals surface area contributed by atoms with Crippen molar-refractivity contribution in [2.45, 2.75) is 37.4 Å². The average Bonchev–Trinajstić information content (AvgIpc) is 3.00. The van der Waals surface area contributed by atoms with Gasteiger partial charge in [-0.05, 0) is 25.0 Å². The number of cyclic esters (lactones) is 1. The Labute approximate surface area is 122 Å². The van der Waals surface area contributed by atoms with E-state index in [0.29, 0.717) is 0 Å². The van der Waals surface area contributed by atoms with Crippen molar-refractivity contribution in [2.24, 2.45) is 5.92 Å². The Kier molecular flexibility index (Phi) is 3.96. The van der Waals surface area contributed by atoms with Crippen molar-refractivity contribution in [3.05, 3.63) is 24.3 Å². The smallest absolute Gasteiger partial charge is 0.309 e. The Bertz CT molecular complexity index is 578. The van der Waals surface area contributed by atoms with E-state index in [1.807, 2.05) is 24.3 Å². The van der Waals surface area contributed by atoms with Crippen molar-refractivity contribution in [3.63, 3.8) is 0 Å². The molecule has 1 saturated heterocycles. The van der Waals surface area contributed by atoms with Crippen LogP contribution in [0.3, 0.4) is 0 Å². The van der Waals surface area contributed by atoms with Crippen LogP contribution in [0.1, 0.15) is 26.2 Å². The van der Waals surface area contributed by atoms with Gasteiger partial charge in [-0.25, -0.2) is 4.98 Å². The summed E-state index contributed by atoms with van der Waals surface area (Å²) in [5.74, 6) is 0.842. The molecule has 0 bridgehead atoms. The molecule has 5 heteroatoms. The summed E-state index contributed by atoms with van der Waals surface area (Å²) in [6.07, 6.45) is 2.84. The van der Waals surface area contributed by atoms with Gasteiger partial charge in [0.05, 0.1) is 17.0 Å². The number of fused-ring (bicyclic) bond motifs is 1. The molecular weight excluding hydrogens is 272 g/mol. The zero-order chi connectivity index (χ0) is 13.9. The number of carbonyl (C=O) groups is 1. The number of aromatic nitrogens is 2. The van der Waals surface area contributed by atoms with Crippen LogP contribution < -0.4 is 0 Å². The zero-order valence-electron chi connectivity index (χ0n) is 11.5. The normalized spacial score (nSPS) is 22.4. The Balaban J connectivity index is 1.58. The van der Waals surface area contributed by atoms with Crippen molar-refractivity contribution in [1.29, 1.82) is 0 Å². The topological polar surface area (TPSA) is 55.0 Å². The molecule has 1 aromatic heterocycles. The predicted molar refractivity (Wildman–Crippen MR) is 79.7 cm³/mol. The van der Waals surface area contributed by atoms with Gasteiger partial charge in [0, 0.05) is 5.75 Å². The molecule has 2 atom stereocenters. The number of carbonyl (C=O) groups excluding carboxylic acids is 1. The number of H-pyrrole nitrogens is 1. The van der Waals surface area contributed by atoms with Gasteiger partial charge in [0.2, 0.25) is 0 Å². The van der Waals surface area contributed by atoms with Crippen LogP contribution in [0.5, 0.6) is 0 Å². The van der Waals surface area contributed by atoms with Crippen LogP contribution in [0, 0.1) is 5.92 Å². The van der Waals surface area contributed by atoms with E-state index in [-0.39, 0.29) is 18.0 Å². The van der Waals surface area contributed by atoms with Crippen LogP contribution in [0.25, 0.3) is 11.0 Å². The first-order chi connectivity index (χ1) is 9.76. The van der Waals surface area contributed by atoms with Crippen molar-refractivity contribution < 1.29 is 9.53 Å². The van der Waals surface area contributed by atoms with Gasteiger partial charge >= 0.3 is 5.97 Å². The highest BCUT2D eigenvalue weighted by molar-refractivity contribution is 7.99. The lowest BCUT2D eigenvalue weighted by molar-refractivity contribution is -0.143. The SMILES string of the molecule is CCCC1CC(CSc2nc3ccccc3[nH]2)OC1=O.